The molecule has 3 atom stereocenters. The maximum Gasteiger partial charge on any atom is 0.337 e. The number of carbonyl (C=O) groups is 1. The number of aromatic nitrogens is 4. The van der Waals surface area contributed by atoms with Crippen LogP contribution >= 0.6 is 23.4 Å². The number of aliphatic hydroxyl groups is 2. The van der Waals surface area contributed by atoms with Gasteiger partial charge >= 0.3 is 5.97 Å². The molecule has 11 heteroatoms. The Morgan fingerprint density at radius 2 is 2.17 bits per heavy atom. The van der Waals surface area contributed by atoms with Crippen molar-refractivity contribution in [3.8, 4) is 0 Å². The van der Waals surface area contributed by atoms with E-state index in [0.717, 1.165) is 5.56 Å². The number of halogens is 1. The number of benzene rings is 1. The molecule has 1 saturated heterocycles. The quantitative estimate of drug-likeness (QED) is 0.474. The van der Waals surface area contributed by atoms with E-state index in [1.54, 1.807) is 23.7 Å². The summed E-state index contributed by atoms with van der Waals surface area (Å²) in [5, 5.41) is 40.7. The van der Waals surface area contributed by atoms with Gasteiger partial charge in [-0.1, -0.05) is 17.7 Å². The average Bonchev–Trinajstić information content (AvgIpc) is 3.26. The molecule has 4 N–H and O–H groups in total. The maximum absolute atomic E-state index is 11.4. The lowest BCUT2D eigenvalue weighted by molar-refractivity contribution is 0.0404. The van der Waals surface area contributed by atoms with Gasteiger partial charge in [-0.05, 0) is 24.1 Å². The highest BCUT2D eigenvalue weighted by molar-refractivity contribution is 7.99. The number of thioether (sulfide) groups is 1. The van der Waals surface area contributed by atoms with E-state index in [4.69, 9.17) is 11.6 Å². The number of hydrogen-bond donors (Lipinski definition) is 4. The summed E-state index contributed by atoms with van der Waals surface area (Å²) in [7, 11) is 0. The number of nitrogens with one attached hydrogen (secondary N) is 1. The molecule has 9 nitrogen and oxygen atoms in total. The van der Waals surface area contributed by atoms with Crippen LogP contribution in [0.4, 0.5) is 5.82 Å². The van der Waals surface area contributed by atoms with Gasteiger partial charge in [0.2, 0.25) is 5.65 Å². The lowest BCUT2D eigenvalue weighted by atomic mass is 10.1. The molecule has 0 unspecified atom stereocenters. The smallest absolute Gasteiger partial charge is 0.337 e. The largest absolute Gasteiger partial charge is 0.478 e. The van der Waals surface area contributed by atoms with Gasteiger partial charge in [0, 0.05) is 24.7 Å². The molecule has 3 heterocycles. The van der Waals surface area contributed by atoms with E-state index in [-0.39, 0.29) is 15.8 Å². The summed E-state index contributed by atoms with van der Waals surface area (Å²) >= 11 is 7.49. The highest BCUT2D eigenvalue weighted by atomic mass is 35.5. The van der Waals surface area contributed by atoms with Crippen molar-refractivity contribution in [1.29, 1.82) is 0 Å². The van der Waals surface area contributed by atoms with Crippen molar-refractivity contribution < 1.29 is 20.1 Å². The standard InChI is InChI=1S/C18H18ClN5O4S/c1-8-4-9(5-10(12(8)19)18(27)28)6-21-15-17-23-22-16(24(17)3-2-20-15)14-13(26)11(25)7-29-14/h2-5,11,13-14,25-26H,6-7H2,1H3,(H,20,21)(H,27,28)/t11-,13-,14-/m1/s1. The van der Waals surface area contributed by atoms with Crippen LogP contribution < -0.4 is 5.32 Å². The number of aliphatic hydroxyl groups excluding tert-OH is 2. The van der Waals surface area contributed by atoms with Crippen molar-refractivity contribution in [3.05, 3.63) is 52.1 Å². The molecule has 1 aliphatic rings. The van der Waals surface area contributed by atoms with Crippen LogP contribution in [0.3, 0.4) is 0 Å². The van der Waals surface area contributed by atoms with Crippen molar-refractivity contribution in [1.82, 2.24) is 19.6 Å². The van der Waals surface area contributed by atoms with Crippen molar-refractivity contribution in [2.45, 2.75) is 30.9 Å². The first-order valence-electron chi connectivity index (χ1n) is 8.80. The maximum atomic E-state index is 11.4. The third-order valence-corrected chi connectivity index (χ3v) is 6.65. The minimum Gasteiger partial charge on any atom is -0.478 e. The number of rotatable bonds is 5. The molecule has 152 valence electrons. The van der Waals surface area contributed by atoms with Crippen LogP contribution in [0.1, 0.15) is 32.6 Å². The second kappa shape index (κ2) is 7.79. The second-order valence-electron chi connectivity index (χ2n) is 6.77. The SMILES string of the molecule is Cc1cc(CNc2nccn3c([C@@H]4SC[C@@H](O)[C@H]4O)nnc23)cc(C(=O)O)c1Cl. The van der Waals surface area contributed by atoms with E-state index in [1.165, 1.54) is 17.8 Å². The predicted molar refractivity (Wildman–Crippen MR) is 108 cm³/mol. The number of carboxylic acids is 1. The van der Waals surface area contributed by atoms with Crippen molar-refractivity contribution in [2.75, 3.05) is 11.1 Å². The van der Waals surface area contributed by atoms with Gasteiger partial charge in [-0.15, -0.1) is 22.0 Å². The Balaban J connectivity index is 1.61. The van der Waals surface area contributed by atoms with Gasteiger partial charge in [0.15, 0.2) is 11.6 Å². The Morgan fingerprint density at radius 1 is 1.38 bits per heavy atom. The van der Waals surface area contributed by atoms with Crippen LogP contribution in [-0.2, 0) is 6.54 Å². The van der Waals surface area contributed by atoms with Gasteiger partial charge in [-0.2, -0.15) is 0 Å². The van der Waals surface area contributed by atoms with Crippen LogP contribution in [-0.4, -0.2) is 58.8 Å². The van der Waals surface area contributed by atoms with Crippen molar-refractivity contribution >= 4 is 40.8 Å². The predicted octanol–water partition coefficient (Wildman–Crippen LogP) is 1.91. The molecule has 2 aromatic heterocycles. The molecule has 0 amide bonds. The molecule has 29 heavy (non-hydrogen) atoms. The molecule has 1 aromatic carbocycles. The average molecular weight is 436 g/mol. The molecule has 0 aliphatic carbocycles. The lowest BCUT2D eigenvalue weighted by Crippen LogP contribution is -2.25. The van der Waals surface area contributed by atoms with Gasteiger partial charge in [-0.25, -0.2) is 9.78 Å². The summed E-state index contributed by atoms with van der Waals surface area (Å²) in [5.74, 6) is 0.347. The lowest BCUT2D eigenvalue weighted by Gasteiger charge is -2.14. The highest BCUT2D eigenvalue weighted by Crippen LogP contribution is 2.39. The van der Waals surface area contributed by atoms with E-state index in [9.17, 15) is 20.1 Å². The summed E-state index contributed by atoms with van der Waals surface area (Å²) in [5.41, 5.74) is 1.92. The van der Waals surface area contributed by atoms with E-state index in [0.29, 0.717) is 35.2 Å². The molecule has 0 bridgehead atoms. The third-order valence-electron chi connectivity index (χ3n) is 4.76. The monoisotopic (exact) mass is 435 g/mol. The van der Waals surface area contributed by atoms with Crippen LogP contribution in [0.15, 0.2) is 24.5 Å². The molecule has 3 aromatic rings. The number of anilines is 1. The fraction of sp³-hybridized carbons (Fsp3) is 0.333. The van der Waals surface area contributed by atoms with Gasteiger partial charge in [0.1, 0.15) is 0 Å². The van der Waals surface area contributed by atoms with E-state index in [1.807, 2.05) is 6.07 Å². The van der Waals surface area contributed by atoms with Gasteiger partial charge in [0.05, 0.1) is 28.0 Å². The van der Waals surface area contributed by atoms with Crippen molar-refractivity contribution in [3.63, 3.8) is 0 Å². The first-order chi connectivity index (χ1) is 13.9. The molecule has 0 radical (unpaired) electrons. The number of fused-ring (bicyclic) bond motifs is 1. The third kappa shape index (κ3) is 3.64. The number of nitrogens with zero attached hydrogens (tertiary/aromatic N) is 4. The zero-order valence-corrected chi connectivity index (χ0v) is 16.9. The van der Waals surface area contributed by atoms with Crippen LogP contribution in [0.25, 0.3) is 5.65 Å². The van der Waals surface area contributed by atoms with Gasteiger partial charge in [-0.3, -0.25) is 4.40 Å². The Hall–Kier alpha value is -2.40. The van der Waals surface area contributed by atoms with Crippen LogP contribution in [0.2, 0.25) is 5.02 Å². The minimum absolute atomic E-state index is 0.0465. The van der Waals surface area contributed by atoms with E-state index >= 15 is 0 Å². The Morgan fingerprint density at radius 3 is 2.86 bits per heavy atom. The molecule has 1 fully saturated rings. The summed E-state index contributed by atoms with van der Waals surface area (Å²) < 4.78 is 1.73. The Kier molecular flexibility index (Phi) is 5.34. The number of hydrogen-bond acceptors (Lipinski definition) is 8. The number of aromatic carboxylic acids is 1. The zero-order valence-electron chi connectivity index (χ0n) is 15.3. The Bertz CT molecular complexity index is 1090. The van der Waals surface area contributed by atoms with Crippen LogP contribution in [0.5, 0.6) is 0 Å². The van der Waals surface area contributed by atoms with E-state index < -0.39 is 18.2 Å². The summed E-state index contributed by atoms with van der Waals surface area (Å²) in [4.78, 5) is 15.7. The molecular weight excluding hydrogens is 418 g/mol. The fourth-order valence-electron chi connectivity index (χ4n) is 3.28. The molecule has 1 aliphatic heterocycles. The first kappa shape index (κ1) is 19.9. The Labute approximate surface area is 174 Å². The number of carboxylic acid groups (broad SMARTS) is 1. The summed E-state index contributed by atoms with van der Waals surface area (Å²) in [6.45, 7) is 2.06. The number of aryl methyl sites for hydroxylation is 1. The van der Waals surface area contributed by atoms with Gasteiger partial charge in [0.25, 0.3) is 0 Å². The highest BCUT2D eigenvalue weighted by Gasteiger charge is 2.38. The van der Waals surface area contributed by atoms with Crippen molar-refractivity contribution in [2.24, 2.45) is 0 Å². The summed E-state index contributed by atoms with van der Waals surface area (Å²) in [6, 6.07) is 3.33. The van der Waals surface area contributed by atoms with E-state index in [2.05, 4.69) is 20.5 Å². The zero-order chi connectivity index (χ0) is 20.7. The van der Waals surface area contributed by atoms with Gasteiger partial charge < -0.3 is 20.6 Å². The normalized spacial score (nSPS) is 21.6. The molecule has 4 rings (SSSR count). The molecule has 0 saturated carbocycles. The first-order valence-corrected chi connectivity index (χ1v) is 10.2. The second-order valence-corrected chi connectivity index (χ2v) is 8.32. The molecular formula is C18H18ClN5O4S. The van der Waals surface area contributed by atoms with Crippen LogP contribution in [0, 0.1) is 6.92 Å². The topological polar surface area (TPSA) is 133 Å². The molecule has 0 spiro atoms. The fourth-order valence-corrected chi connectivity index (χ4v) is 4.76. The minimum atomic E-state index is -1.09. The summed E-state index contributed by atoms with van der Waals surface area (Å²) in [6.07, 6.45) is 1.57.